The number of thiazole rings is 1. The van der Waals surface area contributed by atoms with E-state index in [1.165, 1.54) is 11.8 Å². The van der Waals surface area contributed by atoms with E-state index in [9.17, 15) is 9.59 Å². The first-order chi connectivity index (χ1) is 16.5. The van der Waals surface area contributed by atoms with Gasteiger partial charge in [0.05, 0.1) is 16.5 Å². The predicted molar refractivity (Wildman–Crippen MR) is 135 cm³/mol. The standard InChI is InChI=1S/C24H24N6O2S2/c1-16-27-21(13-33-16)18-8-6-17(7-9-18)10-11-25-23(32)19-4-3-5-20(12-19)28-22(31)14-34-24-29-26-15-30(24)2/h3-9,12-13,15H,10-11,14H2,1-2H3,(H,25,32)(H,28,31). The minimum Gasteiger partial charge on any atom is -0.352 e. The van der Waals surface area contributed by atoms with Gasteiger partial charge in [0.25, 0.3) is 5.91 Å². The third-order valence-corrected chi connectivity index (χ3v) is 6.79. The number of thioether (sulfide) groups is 1. The fourth-order valence-electron chi connectivity index (χ4n) is 3.23. The Morgan fingerprint density at radius 3 is 2.68 bits per heavy atom. The molecule has 2 aromatic carbocycles. The summed E-state index contributed by atoms with van der Waals surface area (Å²) in [5.74, 6) is -0.162. The average Bonchev–Trinajstić information content (AvgIpc) is 3.46. The molecule has 8 nitrogen and oxygen atoms in total. The van der Waals surface area contributed by atoms with E-state index in [1.807, 2.05) is 14.0 Å². The van der Waals surface area contributed by atoms with Gasteiger partial charge in [-0.15, -0.1) is 21.5 Å². The fourth-order valence-corrected chi connectivity index (χ4v) is 4.54. The maximum atomic E-state index is 12.6. The molecule has 4 rings (SSSR count). The van der Waals surface area contributed by atoms with Crippen LogP contribution in [-0.4, -0.2) is 43.9 Å². The van der Waals surface area contributed by atoms with Crippen LogP contribution >= 0.6 is 23.1 Å². The topological polar surface area (TPSA) is 102 Å². The summed E-state index contributed by atoms with van der Waals surface area (Å²) in [4.78, 5) is 29.3. The van der Waals surface area contributed by atoms with Gasteiger partial charge in [-0.05, 0) is 37.1 Å². The molecule has 0 aliphatic heterocycles. The van der Waals surface area contributed by atoms with E-state index in [0.717, 1.165) is 28.2 Å². The minimum absolute atomic E-state index is 0.179. The van der Waals surface area contributed by atoms with E-state index in [-0.39, 0.29) is 17.6 Å². The molecule has 34 heavy (non-hydrogen) atoms. The molecule has 0 saturated heterocycles. The Morgan fingerprint density at radius 1 is 1.15 bits per heavy atom. The lowest BCUT2D eigenvalue weighted by molar-refractivity contribution is -0.113. The van der Waals surface area contributed by atoms with Gasteiger partial charge in [0, 0.05) is 35.8 Å². The molecule has 0 fully saturated rings. The fraction of sp³-hybridized carbons (Fsp3) is 0.208. The second-order valence-corrected chi connectivity index (χ2v) is 9.60. The highest BCUT2D eigenvalue weighted by molar-refractivity contribution is 7.99. The van der Waals surface area contributed by atoms with Crippen LogP contribution in [-0.2, 0) is 18.3 Å². The van der Waals surface area contributed by atoms with Gasteiger partial charge in [0.15, 0.2) is 5.16 Å². The molecular formula is C24H24N6O2S2. The maximum Gasteiger partial charge on any atom is 0.251 e. The molecule has 0 radical (unpaired) electrons. The van der Waals surface area contributed by atoms with Gasteiger partial charge in [-0.2, -0.15) is 0 Å². The molecule has 2 amide bonds. The van der Waals surface area contributed by atoms with Gasteiger partial charge in [-0.25, -0.2) is 4.98 Å². The van der Waals surface area contributed by atoms with E-state index in [0.29, 0.717) is 23.0 Å². The number of aromatic nitrogens is 4. The van der Waals surface area contributed by atoms with Gasteiger partial charge in [0.2, 0.25) is 5.91 Å². The van der Waals surface area contributed by atoms with Crippen LogP contribution in [0.3, 0.4) is 0 Å². The summed E-state index contributed by atoms with van der Waals surface area (Å²) >= 11 is 2.93. The number of aryl methyl sites for hydroxylation is 2. The quantitative estimate of drug-likeness (QED) is 0.343. The molecule has 0 atom stereocenters. The highest BCUT2D eigenvalue weighted by Gasteiger charge is 2.10. The van der Waals surface area contributed by atoms with Crippen LogP contribution in [0.15, 0.2) is 65.4 Å². The summed E-state index contributed by atoms with van der Waals surface area (Å²) in [5.41, 5.74) is 4.28. The molecular weight excluding hydrogens is 468 g/mol. The second kappa shape index (κ2) is 11.1. The molecule has 0 aliphatic carbocycles. The summed E-state index contributed by atoms with van der Waals surface area (Å²) in [6.07, 6.45) is 2.30. The van der Waals surface area contributed by atoms with Crippen molar-refractivity contribution in [1.29, 1.82) is 0 Å². The molecule has 174 valence electrons. The molecule has 10 heteroatoms. The van der Waals surface area contributed by atoms with Crippen molar-refractivity contribution in [2.45, 2.75) is 18.5 Å². The first-order valence-electron chi connectivity index (χ1n) is 10.6. The Bertz CT molecular complexity index is 1280. The van der Waals surface area contributed by atoms with Gasteiger partial charge in [-0.1, -0.05) is 42.1 Å². The first-order valence-corrected chi connectivity index (χ1v) is 12.5. The molecule has 0 unspecified atom stereocenters. The summed E-state index contributed by atoms with van der Waals surface area (Å²) in [6.45, 7) is 2.51. The van der Waals surface area contributed by atoms with E-state index >= 15 is 0 Å². The zero-order chi connectivity index (χ0) is 23.9. The monoisotopic (exact) mass is 492 g/mol. The third kappa shape index (κ3) is 6.30. The molecule has 0 bridgehead atoms. The van der Waals surface area contributed by atoms with Crippen LogP contribution in [0.1, 0.15) is 20.9 Å². The number of nitrogens with zero attached hydrogens (tertiary/aromatic N) is 4. The van der Waals surface area contributed by atoms with Crippen molar-refractivity contribution in [2.75, 3.05) is 17.6 Å². The molecule has 2 heterocycles. The SMILES string of the molecule is Cc1nc(-c2ccc(CCNC(=O)c3cccc(NC(=O)CSc4nncn4C)c3)cc2)cs1. The van der Waals surface area contributed by atoms with Gasteiger partial charge >= 0.3 is 0 Å². The van der Waals surface area contributed by atoms with Crippen LogP contribution in [0.5, 0.6) is 0 Å². The van der Waals surface area contributed by atoms with E-state index < -0.39 is 0 Å². The van der Waals surface area contributed by atoms with E-state index in [4.69, 9.17) is 0 Å². The van der Waals surface area contributed by atoms with Crippen LogP contribution < -0.4 is 10.6 Å². The number of rotatable bonds is 9. The lowest BCUT2D eigenvalue weighted by Crippen LogP contribution is -2.25. The van der Waals surface area contributed by atoms with Crippen LogP contribution in [0.4, 0.5) is 5.69 Å². The number of carbonyl (C=O) groups excluding carboxylic acids is 2. The normalized spacial score (nSPS) is 10.8. The lowest BCUT2D eigenvalue weighted by atomic mass is 10.1. The van der Waals surface area contributed by atoms with Crippen LogP contribution in [0.2, 0.25) is 0 Å². The summed E-state index contributed by atoms with van der Waals surface area (Å²) in [5, 5.41) is 17.3. The number of benzene rings is 2. The second-order valence-electron chi connectivity index (χ2n) is 7.60. The highest BCUT2D eigenvalue weighted by Crippen LogP contribution is 2.22. The highest BCUT2D eigenvalue weighted by atomic mass is 32.2. The molecule has 0 saturated carbocycles. The smallest absolute Gasteiger partial charge is 0.251 e. The molecule has 0 aliphatic rings. The number of nitrogens with one attached hydrogen (secondary N) is 2. The predicted octanol–water partition coefficient (Wildman–Crippen LogP) is 3.95. The summed E-state index contributed by atoms with van der Waals surface area (Å²) < 4.78 is 1.75. The Morgan fingerprint density at radius 2 is 1.97 bits per heavy atom. The number of amides is 2. The lowest BCUT2D eigenvalue weighted by Gasteiger charge is -2.09. The largest absolute Gasteiger partial charge is 0.352 e. The van der Waals surface area contributed by atoms with Crippen molar-refractivity contribution in [1.82, 2.24) is 25.1 Å². The minimum atomic E-state index is -0.181. The molecule has 2 N–H and O–H groups in total. The average molecular weight is 493 g/mol. The van der Waals surface area contributed by atoms with Crippen molar-refractivity contribution >= 4 is 40.6 Å². The summed E-state index contributed by atoms with van der Waals surface area (Å²) in [6, 6.07) is 15.1. The Hall–Kier alpha value is -3.50. The number of hydrogen-bond acceptors (Lipinski definition) is 7. The van der Waals surface area contributed by atoms with Crippen molar-refractivity contribution in [3.8, 4) is 11.3 Å². The van der Waals surface area contributed by atoms with Crippen molar-refractivity contribution < 1.29 is 9.59 Å². The Labute approximate surface area is 205 Å². The van der Waals surface area contributed by atoms with Gasteiger partial charge in [-0.3, -0.25) is 9.59 Å². The number of hydrogen-bond donors (Lipinski definition) is 2. The molecule has 4 aromatic rings. The van der Waals surface area contributed by atoms with Gasteiger partial charge in [0.1, 0.15) is 6.33 Å². The van der Waals surface area contributed by atoms with Crippen molar-refractivity contribution in [3.63, 3.8) is 0 Å². The maximum absolute atomic E-state index is 12.6. The first kappa shape index (κ1) is 23.7. The Kier molecular flexibility index (Phi) is 7.71. The van der Waals surface area contributed by atoms with Gasteiger partial charge < -0.3 is 15.2 Å². The van der Waals surface area contributed by atoms with Crippen molar-refractivity contribution in [2.24, 2.45) is 7.05 Å². The van der Waals surface area contributed by atoms with Crippen molar-refractivity contribution in [3.05, 3.63) is 76.4 Å². The zero-order valence-electron chi connectivity index (χ0n) is 18.8. The number of anilines is 1. The third-order valence-electron chi connectivity index (χ3n) is 4.98. The number of carbonyl (C=O) groups is 2. The van der Waals surface area contributed by atoms with Crippen LogP contribution in [0.25, 0.3) is 11.3 Å². The summed E-state index contributed by atoms with van der Waals surface area (Å²) in [7, 11) is 1.82. The van der Waals surface area contributed by atoms with E-state index in [2.05, 4.69) is 55.5 Å². The molecule has 0 spiro atoms. The van der Waals surface area contributed by atoms with Crippen LogP contribution in [0, 0.1) is 6.92 Å². The Balaban J connectivity index is 1.25. The zero-order valence-corrected chi connectivity index (χ0v) is 20.4. The van der Waals surface area contributed by atoms with E-state index in [1.54, 1.807) is 46.5 Å². The molecule has 2 aromatic heterocycles.